The number of nitrogens with zero attached hydrogens (tertiary/aromatic N) is 2. The number of hydrogen-bond acceptors (Lipinski definition) is 4. The largest absolute Gasteiger partial charge is 0.447 e. The average molecular weight is 481 g/mol. The molecule has 34 heavy (non-hydrogen) atoms. The van der Waals surface area contributed by atoms with Gasteiger partial charge in [-0.25, -0.2) is 4.79 Å². The van der Waals surface area contributed by atoms with Crippen molar-refractivity contribution >= 4 is 20.3 Å². The van der Waals surface area contributed by atoms with Crippen molar-refractivity contribution in [2.45, 2.75) is 76.6 Å². The third kappa shape index (κ3) is 4.51. The number of carbonyl (C=O) groups excluding carboxylic acids is 2. The van der Waals surface area contributed by atoms with Gasteiger partial charge in [0.2, 0.25) is 5.91 Å². The fourth-order valence-corrected chi connectivity index (χ4v) is 6.11. The molecule has 2 aliphatic rings. The first-order chi connectivity index (χ1) is 16.0. The monoisotopic (exact) mass is 480 g/mol. The van der Waals surface area contributed by atoms with Crippen LogP contribution in [0.5, 0.6) is 0 Å². The number of amides is 2. The van der Waals surface area contributed by atoms with Gasteiger partial charge in [0, 0.05) is 6.54 Å². The van der Waals surface area contributed by atoms with E-state index in [4.69, 9.17) is 9.16 Å². The Morgan fingerprint density at radius 1 is 1.03 bits per heavy atom. The highest BCUT2D eigenvalue weighted by Crippen LogP contribution is 2.42. The molecule has 2 heterocycles. The van der Waals surface area contributed by atoms with E-state index in [2.05, 4.69) is 33.9 Å². The maximum Gasteiger partial charge on any atom is 0.411 e. The maximum atomic E-state index is 13.6. The van der Waals surface area contributed by atoms with Crippen LogP contribution < -0.4 is 0 Å². The first-order valence-corrected chi connectivity index (χ1v) is 14.9. The normalized spacial score (nSPS) is 24.1. The number of β-lactam (4-membered cyclic amide) rings is 1. The minimum absolute atomic E-state index is 0.0356. The molecule has 2 aliphatic heterocycles. The van der Waals surface area contributed by atoms with Gasteiger partial charge in [0.25, 0.3) is 0 Å². The first kappa shape index (κ1) is 24.5. The van der Waals surface area contributed by atoms with Crippen molar-refractivity contribution in [1.82, 2.24) is 9.80 Å². The van der Waals surface area contributed by atoms with Gasteiger partial charge in [-0.2, -0.15) is 0 Å². The van der Waals surface area contributed by atoms with Crippen LogP contribution in [0.3, 0.4) is 0 Å². The van der Waals surface area contributed by atoms with Crippen molar-refractivity contribution < 1.29 is 18.8 Å². The van der Waals surface area contributed by atoms with Gasteiger partial charge in [-0.15, -0.1) is 0 Å². The van der Waals surface area contributed by atoms with Crippen molar-refractivity contribution in [3.63, 3.8) is 0 Å². The molecule has 4 atom stereocenters. The van der Waals surface area contributed by atoms with Crippen LogP contribution >= 0.6 is 0 Å². The van der Waals surface area contributed by atoms with E-state index in [1.165, 1.54) is 0 Å². The number of carbonyl (C=O) groups is 2. The molecule has 0 saturated carbocycles. The molecule has 4 rings (SSSR count). The van der Waals surface area contributed by atoms with E-state index in [1.54, 1.807) is 4.90 Å². The van der Waals surface area contributed by atoms with Crippen molar-refractivity contribution in [3.8, 4) is 0 Å². The summed E-state index contributed by atoms with van der Waals surface area (Å²) in [5.41, 5.74) is 2.03. The molecule has 0 spiro atoms. The van der Waals surface area contributed by atoms with Gasteiger partial charge in [0.1, 0.15) is 12.6 Å². The topological polar surface area (TPSA) is 59.1 Å². The number of benzene rings is 2. The number of likely N-dealkylation sites (tertiary alicyclic amines) is 1. The summed E-state index contributed by atoms with van der Waals surface area (Å²) >= 11 is 0. The summed E-state index contributed by atoms with van der Waals surface area (Å²) in [6.07, 6.45) is -0.659. The number of hydrogen-bond donors (Lipinski definition) is 0. The van der Waals surface area contributed by atoms with Crippen LogP contribution in [0.1, 0.15) is 44.9 Å². The second kappa shape index (κ2) is 9.19. The van der Waals surface area contributed by atoms with Crippen molar-refractivity contribution in [2.24, 2.45) is 0 Å². The lowest BCUT2D eigenvalue weighted by atomic mass is 9.87. The van der Waals surface area contributed by atoms with Crippen molar-refractivity contribution in [3.05, 3.63) is 71.8 Å². The number of ether oxygens (including phenoxy) is 1. The van der Waals surface area contributed by atoms with E-state index < -0.39 is 20.5 Å². The second-order valence-electron chi connectivity index (χ2n) is 10.9. The number of rotatable bonds is 7. The molecule has 182 valence electrons. The summed E-state index contributed by atoms with van der Waals surface area (Å²) in [5.74, 6) is -0.0562. The van der Waals surface area contributed by atoms with Crippen LogP contribution in [0.2, 0.25) is 18.1 Å². The van der Waals surface area contributed by atoms with E-state index in [0.717, 1.165) is 11.1 Å². The molecule has 2 saturated heterocycles. The zero-order chi connectivity index (χ0) is 24.7. The highest BCUT2D eigenvalue weighted by molar-refractivity contribution is 6.74. The van der Waals surface area contributed by atoms with Gasteiger partial charge in [0.15, 0.2) is 8.32 Å². The molecule has 0 radical (unpaired) electrons. The third-order valence-corrected chi connectivity index (χ3v) is 12.2. The molecule has 2 amide bonds. The van der Waals surface area contributed by atoms with E-state index >= 15 is 0 Å². The Hall–Kier alpha value is -2.64. The minimum Gasteiger partial charge on any atom is -0.447 e. The third-order valence-electron chi connectivity index (χ3n) is 7.58. The zero-order valence-electron chi connectivity index (χ0n) is 21.0. The van der Waals surface area contributed by atoms with E-state index in [1.807, 2.05) is 72.5 Å². The molecule has 7 heteroatoms. The van der Waals surface area contributed by atoms with Crippen molar-refractivity contribution in [1.29, 1.82) is 0 Å². The molecule has 2 aromatic rings. The van der Waals surface area contributed by atoms with Crippen molar-refractivity contribution in [2.75, 3.05) is 6.61 Å². The lowest BCUT2D eigenvalue weighted by Gasteiger charge is -2.54. The average Bonchev–Trinajstić information content (AvgIpc) is 3.16. The van der Waals surface area contributed by atoms with Gasteiger partial charge >= 0.3 is 6.09 Å². The Morgan fingerprint density at radius 2 is 1.62 bits per heavy atom. The maximum absolute atomic E-state index is 13.6. The van der Waals surface area contributed by atoms with Gasteiger partial charge in [-0.05, 0) is 36.2 Å². The van der Waals surface area contributed by atoms with E-state index in [0.29, 0.717) is 6.54 Å². The lowest BCUT2D eigenvalue weighted by molar-refractivity contribution is -0.166. The molecule has 0 aliphatic carbocycles. The molecule has 0 aromatic heterocycles. The molecule has 2 fully saturated rings. The van der Waals surface area contributed by atoms with Crippen LogP contribution in [-0.2, 0) is 20.5 Å². The smallest absolute Gasteiger partial charge is 0.411 e. The highest BCUT2D eigenvalue weighted by atomic mass is 28.4. The summed E-state index contributed by atoms with van der Waals surface area (Å²) < 4.78 is 12.2. The van der Waals surface area contributed by atoms with Crippen LogP contribution in [0.15, 0.2) is 60.7 Å². The molecular formula is C27H36N2O4Si. The summed E-state index contributed by atoms with van der Waals surface area (Å²) in [4.78, 5) is 30.0. The Bertz CT molecular complexity index is 1020. The van der Waals surface area contributed by atoms with Crippen LogP contribution in [0, 0.1) is 0 Å². The number of cyclic esters (lactones) is 1. The van der Waals surface area contributed by atoms with Crippen LogP contribution in [0.25, 0.3) is 0 Å². The minimum atomic E-state index is -2.10. The molecule has 2 aromatic carbocycles. The molecular weight excluding hydrogens is 444 g/mol. The molecule has 0 bridgehead atoms. The van der Waals surface area contributed by atoms with E-state index in [9.17, 15) is 9.59 Å². The predicted octanol–water partition coefficient (Wildman–Crippen LogP) is 5.37. The summed E-state index contributed by atoms with van der Waals surface area (Å²) in [5, 5.41) is 0.0356. The SMILES string of the molecule is C[C@H](O[Si](C)(C)C(C)(C)C)[C@@H]1[C@H](N2C(=O)OC[C@@H]2c2ccccc2)C(=O)N1Cc1ccccc1. The van der Waals surface area contributed by atoms with Gasteiger partial charge in [-0.3, -0.25) is 9.69 Å². The fourth-order valence-electron chi connectivity index (χ4n) is 4.69. The second-order valence-corrected chi connectivity index (χ2v) is 15.6. The van der Waals surface area contributed by atoms with Gasteiger partial charge < -0.3 is 14.1 Å². The fraction of sp³-hybridized carbons (Fsp3) is 0.481. The Balaban J connectivity index is 1.66. The summed E-state index contributed by atoms with van der Waals surface area (Å²) in [6, 6.07) is 18.6. The molecule has 6 nitrogen and oxygen atoms in total. The van der Waals surface area contributed by atoms with Crippen LogP contribution in [-0.4, -0.2) is 54.9 Å². The molecule has 0 N–H and O–H groups in total. The molecule has 0 unspecified atom stereocenters. The standard InChI is InChI=1S/C27H36N2O4Si/c1-19(33-34(5,6)27(2,3)4)23-24(25(30)28(23)17-20-13-9-7-10-14-20)29-22(18-32-26(29)31)21-15-11-8-12-16-21/h7-16,19,22-24H,17-18H2,1-6H3/t19-,22+,23+,24-/m0/s1. The van der Waals surface area contributed by atoms with Gasteiger partial charge in [0.05, 0.1) is 18.2 Å². The lowest BCUT2D eigenvalue weighted by Crippen LogP contribution is -2.74. The Morgan fingerprint density at radius 3 is 2.21 bits per heavy atom. The summed E-state index contributed by atoms with van der Waals surface area (Å²) in [7, 11) is -2.10. The highest BCUT2D eigenvalue weighted by Gasteiger charge is 2.58. The Kier molecular flexibility index (Phi) is 6.62. The predicted molar refractivity (Wildman–Crippen MR) is 135 cm³/mol. The Labute approximate surface area is 204 Å². The van der Waals surface area contributed by atoms with Crippen LogP contribution in [0.4, 0.5) is 4.79 Å². The zero-order valence-corrected chi connectivity index (χ0v) is 22.0. The van der Waals surface area contributed by atoms with Gasteiger partial charge in [-0.1, -0.05) is 81.4 Å². The quantitative estimate of drug-likeness (QED) is 0.395. The summed E-state index contributed by atoms with van der Waals surface area (Å²) in [6.45, 7) is 13.8. The first-order valence-electron chi connectivity index (χ1n) is 12.0. The van der Waals surface area contributed by atoms with E-state index in [-0.39, 0.29) is 35.7 Å².